The van der Waals surface area contributed by atoms with E-state index in [2.05, 4.69) is 5.10 Å². The first kappa shape index (κ1) is 17.7. The molecule has 6 nitrogen and oxygen atoms in total. The second-order valence-electron chi connectivity index (χ2n) is 5.74. The zero-order chi connectivity index (χ0) is 18.7. The molecule has 0 bridgehead atoms. The van der Waals surface area contributed by atoms with E-state index in [1.165, 1.54) is 17.0 Å². The summed E-state index contributed by atoms with van der Waals surface area (Å²) in [6.45, 7) is 0.296. The van der Waals surface area contributed by atoms with Crippen LogP contribution < -0.4 is 4.74 Å². The molecule has 0 aliphatic rings. The molecule has 0 saturated carbocycles. The number of carbonyl (C=O) groups excluding carboxylic acids is 1. The van der Waals surface area contributed by atoms with E-state index in [1.807, 2.05) is 6.07 Å². The molecule has 2 heterocycles. The van der Waals surface area contributed by atoms with Crippen molar-refractivity contribution in [3.05, 3.63) is 71.4 Å². The zero-order valence-electron chi connectivity index (χ0n) is 14.3. The third-order valence-electron chi connectivity index (χ3n) is 3.80. The van der Waals surface area contributed by atoms with Gasteiger partial charge in [0, 0.05) is 26.4 Å². The minimum absolute atomic E-state index is 0.0821. The second kappa shape index (κ2) is 7.38. The first-order chi connectivity index (χ1) is 12.4. The highest BCUT2D eigenvalue weighted by Crippen LogP contribution is 2.20. The largest absolute Gasteiger partial charge is 0.483 e. The lowest BCUT2D eigenvalue weighted by Crippen LogP contribution is -2.26. The molecule has 136 valence electrons. The molecule has 0 aliphatic heterocycles. The van der Waals surface area contributed by atoms with Crippen molar-refractivity contribution in [2.45, 2.75) is 13.2 Å². The Kier molecular flexibility index (Phi) is 5.01. The van der Waals surface area contributed by atoms with E-state index in [1.54, 1.807) is 31.0 Å². The third kappa shape index (κ3) is 3.90. The van der Waals surface area contributed by atoms with Crippen molar-refractivity contribution in [1.29, 1.82) is 0 Å². The first-order valence-electron chi connectivity index (χ1n) is 7.83. The molecule has 8 heteroatoms. The highest BCUT2D eigenvalue weighted by Gasteiger charge is 2.17. The lowest BCUT2D eigenvalue weighted by Gasteiger charge is -2.15. The Morgan fingerprint density at radius 2 is 2.08 bits per heavy atom. The fourth-order valence-electron chi connectivity index (χ4n) is 2.37. The van der Waals surface area contributed by atoms with Crippen molar-refractivity contribution in [3.63, 3.8) is 0 Å². The van der Waals surface area contributed by atoms with Gasteiger partial charge >= 0.3 is 0 Å². The molecular formula is C18H17F2N3O3. The SMILES string of the molecule is CN(Cc1ccnn1C)C(=O)c1ccc(COc2ccc(F)cc2F)o1. The Labute approximate surface area is 148 Å². The van der Waals surface area contributed by atoms with Gasteiger partial charge in [-0.15, -0.1) is 0 Å². The number of hydrogen-bond donors (Lipinski definition) is 0. The van der Waals surface area contributed by atoms with Crippen LogP contribution in [0.25, 0.3) is 0 Å². The van der Waals surface area contributed by atoms with Gasteiger partial charge < -0.3 is 14.1 Å². The summed E-state index contributed by atoms with van der Waals surface area (Å²) in [6.07, 6.45) is 1.66. The third-order valence-corrected chi connectivity index (χ3v) is 3.80. The highest BCUT2D eigenvalue weighted by molar-refractivity contribution is 5.91. The van der Waals surface area contributed by atoms with Crippen LogP contribution in [0.4, 0.5) is 8.78 Å². The Hall–Kier alpha value is -3.16. The van der Waals surface area contributed by atoms with Crippen molar-refractivity contribution in [3.8, 4) is 5.75 Å². The Morgan fingerprint density at radius 1 is 1.27 bits per heavy atom. The number of amides is 1. The molecular weight excluding hydrogens is 344 g/mol. The van der Waals surface area contributed by atoms with E-state index in [0.29, 0.717) is 12.3 Å². The van der Waals surface area contributed by atoms with Gasteiger partial charge in [0.05, 0.1) is 12.2 Å². The van der Waals surface area contributed by atoms with Crippen molar-refractivity contribution >= 4 is 5.91 Å². The summed E-state index contributed by atoms with van der Waals surface area (Å²) in [5.74, 6) is -1.38. The fourth-order valence-corrected chi connectivity index (χ4v) is 2.37. The maximum Gasteiger partial charge on any atom is 0.289 e. The number of furan rings is 1. The minimum atomic E-state index is -0.802. The summed E-state index contributed by atoms with van der Waals surface area (Å²) < 4.78 is 38.8. The minimum Gasteiger partial charge on any atom is -0.483 e. The molecule has 26 heavy (non-hydrogen) atoms. The normalized spacial score (nSPS) is 10.8. The van der Waals surface area contributed by atoms with Crippen molar-refractivity contribution in [1.82, 2.24) is 14.7 Å². The first-order valence-corrected chi connectivity index (χ1v) is 7.83. The quantitative estimate of drug-likeness (QED) is 0.677. The Bertz CT molecular complexity index is 920. The number of nitrogens with zero attached hydrogens (tertiary/aromatic N) is 3. The second-order valence-corrected chi connectivity index (χ2v) is 5.74. The lowest BCUT2D eigenvalue weighted by atomic mass is 10.3. The summed E-state index contributed by atoms with van der Waals surface area (Å²) in [6, 6.07) is 7.96. The smallest absolute Gasteiger partial charge is 0.289 e. The van der Waals surface area contributed by atoms with Crippen LogP contribution in [0.15, 0.2) is 47.0 Å². The number of halogens is 2. The molecule has 0 radical (unpaired) electrons. The van der Waals surface area contributed by atoms with Crippen molar-refractivity contribution < 1.29 is 22.7 Å². The molecule has 0 N–H and O–H groups in total. The predicted octanol–water partition coefficient (Wildman–Crippen LogP) is 3.14. The summed E-state index contributed by atoms with van der Waals surface area (Å²) in [5, 5.41) is 4.06. The van der Waals surface area contributed by atoms with Gasteiger partial charge in [0.25, 0.3) is 5.91 Å². The molecule has 0 aliphatic carbocycles. The number of rotatable bonds is 6. The average molecular weight is 361 g/mol. The molecule has 0 unspecified atom stereocenters. The predicted molar refractivity (Wildman–Crippen MR) is 88.4 cm³/mol. The van der Waals surface area contributed by atoms with Crippen LogP contribution in [0.2, 0.25) is 0 Å². The molecule has 0 atom stereocenters. The van der Waals surface area contributed by atoms with Gasteiger partial charge in [-0.1, -0.05) is 0 Å². The van der Waals surface area contributed by atoms with Gasteiger partial charge in [-0.2, -0.15) is 5.10 Å². The van der Waals surface area contributed by atoms with Crippen molar-refractivity contribution in [2.75, 3.05) is 7.05 Å². The van der Waals surface area contributed by atoms with E-state index in [-0.39, 0.29) is 24.0 Å². The van der Waals surface area contributed by atoms with Gasteiger partial charge in [-0.05, 0) is 30.3 Å². The highest BCUT2D eigenvalue weighted by atomic mass is 19.1. The Balaban J connectivity index is 1.61. The van der Waals surface area contributed by atoms with E-state index in [0.717, 1.165) is 17.8 Å². The average Bonchev–Trinajstić information content (AvgIpc) is 3.23. The molecule has 3 aromatic rings. The van der Waals surface area contributed by atoms with Crippen LogP contribution in [0.5, 0.6) is 5.75 Å². The summed E-state index contributed by atoms with van der Waals surface area (Å²) in [4.78, 5) is 13.9. The molecule has 0 spiro atoms. The number of carbonyl (C=O) groups is 1. The zero-order valence-corrected chi connectivity index (χ0v) is 14.3. The summed E-state index contributed by atoms with van der Waals surface area (Å²) in [5.41, 5.74) is 0.878. The monoisotopic (exact) mass is 361 g/mol. The van der Waals surface area contributed by atoms with Gasteiger partial charge in [-0.25, -0.2) is 8.78 Å². The number of ether oxygens (including phenoxy) is 1. The maximum atomic E-state index is 13.5. The van der Waals surface area contributed by atoms with E-state index >= 15 is 0 Å². The van der Waals surface area contributed by atoms with Crippen LogP contribution in [0.1, 0.15) is 22.0 Å². The van der Waals surface area contributed by atoms with Crippen LogP contribution in [-0.4, -0.2) is 27.6 Å². The van der Waals surface area contributed by atoms with E-state index in [4.69, 9.17) is 9.15 Å². The number of aryl methyl sites for hydroxylation is 1. The van der Waals surface area contributed by atoms with E-state index in [9.17, 15) is 13.6 Å². The number of aromatic nitrogens is 2. The van der Waals surface area contributed by atoms with Crippen LogP contribution >= 0.6 is 0 Å². The summed E-state index contributed by atoms with van der Waals surface area (Å²) in [7, 11) is 3.45. The Morgan fingerprint density at radius 3 is 2.77 bits per heavy atom. The van der Waals surface area contributed by atoms with Crippen LogP contribution in [0, 0.1) is 11.6 Å². The fraction of sp³-hybridized carbons (Fsp3) is 0.222. The van der Waals surface area contributed by atoms with Gasteiger partial charge in [0.2, 0.25) is 0 Å². The number of benzene rings is 1. The van der Waals surface area contributed by atoms with E-state index < -0.39 is 11.6 Å². The van der Waals surface area contributed by atoms with Gasteiger partial charge in [0.15, 0.2) is 17.3 Å². The molecule has 1 aromatic carbocycles. The van der Waals surface area contributed by atoms with Crippen molar-refractivity contribution in [2.24, 2.45) is 7.05 Å². The standard InChI is InChI=1S/C18H17F2N3O3/c1-22(10-13-7-8-21-23(13)2)18(24)17-6-4-14(26-17)11-25-16-5-3-12(19)9-15(16)20/h3-9H,10-11H2,1-2H3. The maximum absolute atomic E-state index is 13.5. The molecule has 0 saturated heterocycles. The molecule has 0 fully saturated rings. The molecule has 3 rings (SSSR count). The van der Waals surface area contributed by atoms with Crippen LogP contribution in [-0.2, 0) is 20.2 Å². The summed E-state index contributed by atoms with van der Waals surface area (Å²) >= 11 is 0. The lowest BCUT2D eigenvalue weighted by molar-refractivity contribution is 0.0746. The topological polar surface area (TPSA) is 60.5 Å². The van der Waals surface area contributed by atoms with Crippen LogP contribution in [0.3, 0.4) is 0 Å². The van der Waals surface area contributed by atoms with Gasteiger partial charge in [0.1, 0.15) is 18.2 Å². The number of hydrogen-bond acceptors (Lipinski definition) is 4. The van der Waals surface area contributed by atoms with Gasteiger partial charge in [-0.3, -0.25) is 9.48 Å². The molecule has 2 aromatic heterocycles. The molecule has 1 amide bonds.